The molecule has 2 aliphatic rings. The minimum absolute atomic E-state index is 0.0206. The molecule has 0 spiro atoms. The molecule has 1 aromatic carbocycles. The van der Waals surface area contributed by atoms with E-state index in [0.717, 1.165) is 6.42 Å². The van der Waals surface area contributed by atoms with E-state index in [2.05, 4.69) is 17.2 Å². The molecule has 3 atom stereocenters. The van der Waals surface area contributed by atoms with Crippen molar-refractivity contribution in [2.75, 3.05) is 45.8 Å². The normalized spacial score (nSPS) is 21.0. The molecule has 1 N–H and O–H groups in total. The number of anilines is 1. The Morgan fingerprint density at radius 2 is 1.90 bits per heavy atom. The van der Waals surface area contributed by atoms with Crippen molar-refractivity contribution in [1.29, 1.82) is 0 Å². The van der Waals surface area contributed by atoms with Gasteiger partial charge in [0.2, 0.25) is 11.9 Å². The van der Waals surface area contributed by atoms with Crippen LogP contribution in [0.5, 0.6) is 11.5 Å². The maximum absolute atomic E-state index is 14.2. The third-order valence-electron chi connectivity index (χ3n) is 7.52. The molecule has 0 bridgehead atoms. The van der Waals surface area contributed by atoms with Crippen LogP contribution in [0.2, 0.25) is 10.0 Å². The zero-order chi connectivity index (χ0) is 27.8. The number of hydrogen-bond acceptors (Lipinski definition) is 8. The van der Waals surface area contributed by atoms with Gasteiger partial charge in [0.25, 0.3) is 5.56 Å². The van der Waals surface area contributed by atoms with Crippen molar-refractivity contribution < 1.29 is 19.0 Å². The minimum atomic E-state index is -0.315. The Labute approximate surface area is 236 Å². The van der Waals surface area contributed by atoms with Crippen LogP contribution >= 0.6 is 23.2 Å². The number of ether oxygens (including phenoxy) is 3. The molecule has 3 aromatic rings. The van der Waals surface area contributed by atoms with Crippen LogP contribution in [-0.2, 0) is 16.1 Å². The lowest BCUT2D eigenvalue weighted by atomic mass is 10.0. The molecule has 208 valence electrons. The van der Waals surface area contributed by atoms with Crippen LogP contribution in [0.3, 0.4) is 0 Å². The van der Waals surface area contributed by atoms with E-state index in [-0.39, 0.29) is 39.0 Å². The number of amides is 1. The number of carbonyl (C=O) groups is 1. The van der Waals surface area contributed by atoms with E-state index < -0.39 is 0 Å². The molecular formula is C27H31Cl2N5O5. The van der Waals surface area contributed by atoms with Gasteiger partial charge in [-0.2, -0.15) is 4.98 Å². The molecule has 0 radical (unpaired) electrons. The smallest absolute Gasteiger partial charge is 0.260 e. The molecule has 0 unspecified atom stereocenters. The lowest BCUT2D eigenvalue weighted by Gasteiger charge is -2.20. The van der Waals surface area contributed by atoms with Gasteiger partial charge in [-0.1, -0.05) is 30.1 Å². The highest BCUT2D eigenvalue weighted by Crippen LogP contribution is 2.45. The van der Waals surface area contributed by atoms with Gasteiger partial charge in [0.1, 0.15) is 17.1 Å². The lowest BCUT2D eigenvalue weighted by Crippen LogP contribution is -2.30. The summed E-state index contributed by atoms with van der Waals surface area (Å²) in [6, 6.07) is 3.35. The molecule has 1 amide bonds. The number of fused-ring (bicyclic) bond motifs is 1. The summed E-state index contributed by atoms with van der Waals surface area (Å²) in [5.74, 6) is 1.47. The number of methoxy groups -OCH3 is 2. The average molecular weight is 576 g/mol. The van der Waals surface area contributed by atoms with Crippen molar-refractivity contribution in [3.05, 3.63) is 38.7 Å². The molecule has 0 aliphatic carbocycles. The second-order valence-corrected chi connectivity index (χ2v) is 10.9. The maximum atomic E-state index is 14.2. The van der Waals surface area contributed by atoms with Crippen molar-refractivity contribution in [2.45, 2.75) is 32.9 Å². The summed E-state index contributed by atoms with van der Waals surface area (Å²) < 4.78 is 18.1. The number of halogens is 2. The summed E-state index contributed by atoms with van der Waals surface area (Å²) in [5, 5.41) is 4.39. The Bertz CT molecular complexity index is 1450. The largest absolute Gasteiger partial charge is 0.495 e. The van der Waals surface area contributed by atoms with Gasteiger partial charge in [0.05, 0.1) is 49.1 Å². The monoisotopic (exact) mass is 575 g/mol. The minimum Gasteiger partial charge on any atom is -0.495 e. The van der Waals surface area contributed by atoms with E-state index in [9.17, 15) is 9.59 Å². The number of benzene rings is 1. The van der Waals surface area contributed by atoms with Crippen molar-refractivity contribution in [1.82, 2.24) is 19.4 Å². The van der Waals surface area contributed by atoms with Crippen molar-refractivity contribution in [3.8, 4) is 22.6 Å². The van der Waals surface area contributed by atoms with E-state index in [1.807, 2.05) is 0 Å². The number of pyridine rings is 1. The molecule has 2 saturated heterocycles. The number of aromatic nitrogens is 3. The number of nitrogens with zero attached hydrogens (tertiary/aromatic N) is 4. The zero-order valence-electron chi connectivity index (χ0n) is 22.3. The molecule has 2 aromatic heterocycles. The number of nitrogens with one attached hydrogen (secondary N) is 1. The average Bonchev–Trinajstić information content (AvgIpc) is 3.56. The highest BCUT2D eigenvalue weighted by molar-refractivity contribution is 6.41. The second kappa shape index (κ2) is 11.2. The van der Waals surface area contributed by atoms with Crippen LogP contribution in [0.15, 0.2) is 23.1 Å². The first-order valence-electron chi connectivity index (χ1n) is 12.8. The van der Waals surface area contributed by atoms with Gasteiger partial charge in [0, 0.05) is 55.7 Å². The van der Waals surface area contributed by atoms with Gasteiger partial charge in [-0.05, 0) is 18.4 Å². The van der Waals surface area contributed by atoms with Crippen molar-refractivity contribution >= 4 is 46.1 Å². The van der Waals surface area contributed by atoms with Gasteiger partial charge in [-0.15, -0.1) is 0 Å². The summed E-state index contributed by atoms with van der Waals surface area (Å²) in [7, 11) is 2.97. The third-order valence-corrected chi connectivity index (χ3v) is 8.27. The fourth-order valence-electron chi connectivity index (χ4n) is 5.24. The predicted molar refractivity (Wildman–Crippen MR) is 150 cm³/mol. The van der Waals surface area contributed by atoms with E-state index in [1.54, 1.807) is 34.7 Å². The van der Waals surface area contributed by atoms with E-state index >= 15 is 0 Å². The Kier molecular flexibility index (Phi) is 7.89. The van der Waals surface area contributed by atoms with Crippen LogP contribution < -0.4 is 20.3 Å². The first-order valence-corrected chi connectivity index (χ1v) is 13.6. The Morgan fingerprint density at radius 1 is 1.18 bits per heavy atom. The number of hydrogen-bond donors (Lipinski definition) is 1. The molecule has 0 saturated carbocycles. The van der Waals surface area contributed by atoms with Gasteiger partial charge in [0.15, 0.2) is 0 Å². The molecule has 4 heterocycles. The second-order valence-electron chi connectivity index (χ2n) is 10.1. The SMILES string of the molecule is COc1cc(OC)c(Cl)c(-c2cc3cnc(N[C@@H]4COC[C@@H]4C)nc3n(C[C@@H]3CCN(C(C)=O)C3)c2=O)c1Cl. The summed E-state index contributed by atoms with van der Waals surface area (Å²) in [6.07, 6.45) is 2.46. The van der Waals surface area contributed by atoms with E-state index in [4.69, 9.17) is 42.4 Å². The summed E-state index contributed by atoms with van der Waals surface area (Å²) >= 11 is 13.4. The quantitative estimate of drug-likeness (QED) is 0.448. The fourth-order valence-corrected chi connectivity index (χ4v) is 5.94. The van der Waals surface area contributed by atoms with Crippen molar-refractivity contribution in [3.63, 3.8) is 0 Å². The number of rotatable bonds is 7. The van der Waals surface area contributed by atoms with Gasteiger partial charge in [-0.3, -0.25) is 14.2 Å². The standard InChI is InChI=1S/C27H31Cl2N5O5/c1-14-12-39-13-19(14)31-27-30-9-17-7-18(22-23(28)20(37-3)8-21(38-4)24(22)29)26(36)34(25(17)32-27)11-16-5-6-33(10-16)15(2)35/h7-9,14,16,19H,5-6,10-13H2,1-4H3,(H,30,31,32)/t14-,16+,19+/m0/s1. The molecule has 2 fully saturated rings. The first kappa shape index (κ1) is 27.5. The lowest BCUT2D eigenvalue weighted by molar-refractivity contribution is -0.127. The predicted octanol–water partition coefficient (Wildman–Crippen LogP) is 4.10. The van der Waals surface area contributed by atoms with Crippen LogP contribution in [-0.4, -0.2) is 71.9 Å². The highest BCUT2D eigenvalue weighted by atomic mass is 35.5. The summed E-state index contributed by atoms with van der Waals surface area (Å²) in [5.41, 5.74) is 0.755. The highest BCUT2D eigenvalue weighted by Gasteiger charge is 2.29. The first-order chi connectivity index (χ1) is 18.7. The van der Waals surface area contributed by atoms with Gasteiger partial charge < -0.3 is 24.4 Å². The topological polar surface area (TPSA) is 108 Å². The molecular weight excluding hydrogens is 545 g/mol. The Morgan fingerprint density at radius 3 is 2.49 bits per heavy atom. The third kappa shape index (κ3) is 5.25. The molecule has 12 heteroatoms. The Hall–Kier alpha value is -3.08. The molecule has 2 aliphatic heterocycles. The van der Waals surface area contributed by atoms with Gasteiger partial charge >= 0.3 is 0 Å². The van der Waals surface area contributed by atoms with Crippen molar-refractivity contribution in [2.24, 2.45) is 11.8 Å². The molecule has 10 nitrogen and oxygen atoms in total. The molecule has 5 rings (SSSR count). The summed E-state index contributed by atoms with van der Waals surface area (Å²) in [6.45, 7) is 6.47. The summed E-state index contributed by atoms with van der Waals surface area (Å²) in [4.78, 5) is 37.2. The van der Waals surface area contributed by atoms with Crippen LogP contribution in [0, 0.1) is 11.8 Å². The number of likely N-dealkylation sites (tertiary alicyclic amines) is 1. The van der Waals surface area contributed by atoms with E-state index in [1.165, 1.54) is 14.2 Å². The molecule has 39 heavy (non-hydrogen) atoms. The maximum Gasteiger partial charge on any atom is 0.260 e. The van der Waals surface area contributed by atoms with Crippen LogP contribution in [0.1, 0.15) is 20.3 Å². The Balaban J connectivity index is 1.67. The van der Waals surface area contributed by atoms with Crippen LogP contribution in [0.25, 0.3) is 22.2 Å². The van der Waals surface area contributed by atoms with Crippen LogP contribution in [0.4, 0.5) is 5.95 Å². The van der Waals surface area contributed by atoms with Gasteiger partial charge in [-0.25, -0.2) is 4.98 Å². The fraction of sp³-hybridized carbons (Fsp3) is 0.481. The zero-order valence-corrected chi connectivity index (χ0v) is 23.8. The van der Waals surface area contributed by atoms with E-state index in [0.29, 0.717) is 72.8 Å². The number of carbonyl (C=O) groups excluding carboxylic acids is 1.